The molecule has 0 aromatic heterocycles. The summed E-state index contributed by atoms with van der Waals surface area (Å²) < 4.78 is 45.8. The predicted octanol–water partition coefficient (Wildman–Crippen LogP) is 2.42. The summed E-state index contributed by atoms with van der Waals surface area (Å²) in [5.74, 6) is 0.106. The first kappa shape index (κ1) is 20.3. The highest BCUT2D eigenvalue weighted by atomic mass is 32.2. The number of amides is 1. The van der Waals surface area contributed by atoms with Gasteiger partial charge in [-0.15, -0.1) is 0 Å². The first-order valence-corrected chi connectivity index (χ1v) is 10.6. The Hall–Kier alpha value is -2.45. The second-order valence-corrected chi connectivity index (χ2v) is 8.50. The molecule has 0 saturated carbocycles. The number of sulfonamides is 1. The summed E-state index contributed by atoms with van der Waals surface area (Å²) in [7, 11) is -3.74. The van der Waals surface area contributed by atoms with Gasteiger partial charge in [-0.2, -0.15) is 0 Å². The first-order valence-electron chi connectivity index (χ1n) is 9.15. The van der Waals surface area contributed by atoms with Crippen molar-refractivity contribution in [2.45, 2.75) is 17.7 Å². The van der Waals surface area contributed by atoms with Crippen LogP contribution in [0.25, 0.3) is 0 Å². The number of piperidine rings is 1. The van der Waals surface area contributed by atoms with E-state index in [2.05, 4.69) is 4.72 Å². The number of ether oxygens (including phenoxy) is 1. The number of rotatable bonds is 7. The lowest BCUT2D eigenvalue weighted by atomic mass is 9.97. The summed E-state index contributed by atoms with van der Waals surface area (Å²) in [6.07, 6.45) is 1.39. The number of carbonyl (C=O) groups is 1. The van der Waals surface area contributed by atoms with Crippen molar-refractivity contribution in [1.82, 2.24) is 9.62 Å². The molecule has 0 bridgehead atoms. The van der Waals surface area contributed by atoms with E-state index >= 15 is 0 Å². The number of benzene rings is 2. The van der Waals surface area contributed by atoms with Crippen molar-refractivity contribution in [3.8, 4) is 5.75 Å². The lowest BCUT2D eigenvalue weighted by molar-refractivity contribution is -0.134. The molecule has 150 valence electrons. The molecule has 2 aromatic carbocycles. The monoisotopic (exact) mass is 406 g/mol. The Morgan fingerprint density at radius 2 is 1.82 bits per heavy atom. The van der Waals surface area contributed by atoms with Crippen molar-refractivity contribution in [3.63, 3.8) is 0 Å². The van der Waals surface area contributed by atoms with Gasteiger partial charge >= 0.3 is 0 Å². The molecular weight excluding hydrogens is 383 g/mol. The molecule has 0 spiro atoms. The summed E-state index contributed by atoms with van der Waals surface area (Å²) >= 11 is 0. The molecule has 2 aromatic rings. The summed E-state index contributed by atoms with van der Waals surface area (Å²) in [5.41, 5.74) is 0. The van der Waals surface area contributed by atoms with Crippen LogP contribution in [-0.2, 0) is 14.8 Å². The molecule has 1 fully saturated rings. The van der Waals surface area contributed by atoms with Gasteiger partial charge in [-0.1, -0.05) is 24.3 Å². The number of likely N-dealkylation sites (tertiary alicyclic amines) is 1. The lowest BCUT2D eigenvalue weighted by Gasteiger charge is -2.32. The highest BCUT2D eigenvalue weighted by Gasteiger charge is 2.24. The van der Waals surface area contributed by atoms with E-state index in [-0.39, 0.29) is 29.9 Å². The van der Waals surface area contributed by atoms with Gasteiger partial charge in [0, 0.05) is 19.6 Å². The highest BCUT2D eigenvalue weighted by molar-refractivity contribution is 7.89. The smallest absolute Gasteiger partial charge is 0.260 e. The Balaban J connectivity index is 1.43. The molecule has 1 aliphatic rings. The Kier molecular flexibility index (Phi) is 6.64. The number of nitrogens with one attached hydrogen (secondary N) is 1. The zero-order valence-corrected chi connectivity index (χ0v) is 16.2. The van der Waals surface area contributed by atoms with E-state index < -0.39 is 15.8 Å². The predicted molar refractivity (Wildman–Crippen MR) is 103 cm³/mol. The molecule has 0 atom stereocenters. The number of nitrogens with zero attached hydrogens (tertiary/aromatic N) is 1. The third-order valence-corrected chi connectivity index (χ3v) is 6.16. The van der Waals surface area contributed by atoms with Crippen molar-refractivity contribution in [3.05, 3.63) is 60.4 Å². The molecule has 0 radical (unpaired) electrons. The Labute approximate surface area is 164 Å². The normalized spacial score (nSPS) is 15.4. The average Bonchev–Trinajstić information content (AvgIpc) is 2.72. The third kappa shape index (κ3) is 5.53. The summed E-state index contributed by atoms with van der Waals surface area (Å²) in [5, 5.41) is 0. The van der Waals surface area contributed by atoms with Gasteiger partial charge in [-0.3, -0.25) is 4.79 Å². The van der Waals surface area contributed by atoms with Gasteiger partial charge in [-0.05, 0) is 49.1 Å². The standard InChI is InChI=1S/C20H23FN2O4S/c21-17-5-4-8-19(13-17)28(25,26)22-14-16-9-11-23(12-10-16)20(24)15-27-18-6-2-1-3-7-18/h1-8,13,16,22H,9-12,14-15H2. The molecule has 3 rings (SSSR count). The van der Waals surface area contributed by atoms with Gasteiger partial charge in [-0.25, -0.2) is 17.5 Å². The zero-order valence-electron chi connectivity index (χ0n) is 15.4. The topological polar surface area (TPSA) is 75.7 Å². The maximum absolute atomic E-state index is 13.2. The van der Waals surface area contributed by atoms with Crippen molar-refractivity contribution in [2.75, 3.05) is 26.2 Å². The maximum Gasteiger partial charge on any atom is 0.260 e. The van der Waals surface area contributed by atoms with Crippen LogP contribution in [0.2, 0.25) is 0 Å². The van der Waals surface area contributed by atoms with Gasteiger partial charge in [0.2, 0.25) is 10.0 Å². The van der Waals surface area contributed by atoms with Gasteiger partial charge < -0.3 is 9.64 Å². The summed E-state index contributed by atoms with van der Waals surface area (Å²) in [6, 6.07) is 14.1. The van der Waals surface area contributed by atoms with Gasteiger partial charge in [0.15, 0.2) is 6.61 Å². The van der Waals surface area contributed by atoms with Crippen LogP contribution in [0, 0.1) is 11.7 Å². The number of halogens is 1. The number of para-hydroxylation sites is 1. The SMILES string of the molecule is O=C(COc1ccccc1)N1CCC(CNS(=O)(=O)c2cccc(F)c2)CC1. The summed E-state index contributed by atoms with van der Waals surface area (Å²) in [6.45, 7) is 1.37. The number of hydrogen-bond acceptors (Lipinski definition) is 4. The zero-order chi connectivity index (χ0) is 20.0. The van der Waals surface area contributed by atoms with Crippen LogP contribution >= 0.6 is 0 Å². The van der Waals surface area contributed by atoms with Crippen LogP contribution in [0.5, 0.6) is 5.75 Å². The molecule has 0 aliphatic carbocycles. The van der Waals surface area contributed by atoms with E-state index in [0.29, 0.717) is 31.7 Å². The van der Waals surface area contributed by atoms with Gasteiger partial charge in [0.05, 0.1) is 4.90 Å². The molecule has 1 heterocycles. The van der Waals surface area contributed by atoms with Crippen LogP contribution in [0.1, 0.15) is 12.8 Å². The first-order chi connectivity index (χ1) is 13.4. The molecule has 6 nitrogen and oxygen atoms in total. The van der Waals surface area contributed by atoms with E-state index in [1.165, 1.54) is 18.2 Å². The van der Waals surface area contributed by atoms with E-state index in [0.717, 1.165) is 6.07 Å². The molecule has 1 N–H and O–H groups in total. The quantitative estimate of drug-likeness (QED) is 0.766. The second-order valence-electron chi connectivity index (χ2n) is 6.74. The van der Waals surface area contributed by atoms with Crippen LogP contribution in [-0.4, -0.2) is 45.5 Å². The molecule has 28 heavy (non-hydrogen) atoms. The van der Waals surface area contributed by atoms with Gasteiger partial charge in [0.1, 0.15) is 11.6 Å². The number of carbonyl (C=O) groups excluding carboxylic acids is 1. The van der Waals surface area contributed by atoms with Crippen LogP contribution < -0.4 is 9.46 Å². The largest absolute Gasteiger partial charge is 0.484 e. The minimum atomic E-state index is -3.74. The fourth-order valence-electron chi connectivity index (χ4n) is 3.08. The second kappa shape index (κ2) is 9.16. The van der Waals surface area contributed by atoms with Gasteiger partial charge in [0.25, 0.3) is 5.91 Å². The van der Waals surface area contributed by atoms with E-state index in [9.17, 15) is 17.6 Å². The number of hydrogen-bond donors (Lipinski definition) is 1. The van der Waals surface area contributed by atoms with Crippen molar-refractivity contribution < 1.29 is 22.3 Å². The van der Waals surface area contributed by atoms with Crippen LogP contribution in [0.4, 0.5) is 4.39 Å². The Morgan fingerprint density at radius 3 is 2.50 bits per heavy atom. The van der Waals surface area contributed by atoms with Crippen molar-refractivity contribution in [2.24, 2.45) is 5.92 Å². The molecule has 1 aliphatic heterocycles. The van der Waals surface area contributed by atoms with Crippen LogP contribution in [0.3, 0.4) is 0 Å². The molecule has 1 amide bonds. The summed E-state index contributed by atoms with van der Waals surface area (Å²) in [4.78, 5) is 13.9. The fraction of sp³-hybridized carbons (Fsp3) is 0.350. The van der Waals surface area contributed by atoms with E-state index in [4.69, 9.17) is 4.74 Å². The Bertz CT molecular complexity index is 897. The Morgan fingerprint density at radius 1 is 1.11 bits per heavy atom. The van der Waals surface area contributed by atoms with Crippen LogP contribution in [0.15, 0.2) is 59.5 Å². The minimum Gasteiger partial charge on any atom is -0.484 e. The maximum atomic E-state index is 13.2. The minimum absolute atomic E-state index is 0.0130. The van der Waals surface area contributed by atoms with E-state index in [1.54, 1.807) is 17.0 Å². The molecular formula is C20H23FN2O4S. The third-order valence-electron chi connectivity index (χ3n) is 4.74. The molecule has 8 heteroatoms. The lowest BCUT2D eigenvalue weighted by Crippen LogP contribution is -2.43. The molecule has 0 unspecified atom stereocenters. The average molecular weight is 406 g/mol. The van der Waals surface area contributed by atoms with E-state index in [1.807, 2.05) is 18.2 Å². The highest BCUT2D eigenvalue weighted by Crippen LogP contribution is 2.18. The fourth-order valence-corrected chi connectivity index (χ4v) is 4.23. The molecule has 1 saturated heterocycles. The van der Waals surface area contributed by atoms with Crippen molar-refractivity contribution >= 4 is 15.9 Å². The van der Waals surface area contributed by atoms with Crippen molar-refractivity contribution in [1.29, 1.82) is 0 Å².